The normalized spacial score (nSPS) is 15.9. The summed E-state index contributed by atoms with van der Waals surface area (Å²) < 4.78 is 21.5. The Bertz CT molecular complexity index is 1040. The first-order valence-corrected chi connectivity index (χ1v) is 11.6. The molecule has 4 rings (SSSR count). The minimum atomic E-state index is -0.201. The first-order chi connectivity index (χ1) is 16.2. The fourth-order valence-electron chi connectivity index (χ4n) is 4.34. The van der Waals surface area contributed by atoms with Crippen molar-refractivity contribution in [2.75, 3.05) is 26.3 Å². The van der Waals surface area contributed by atoms with Crippen LogP contribution in [-0.2, 0) is 23.2 Å². The number of aromatic nitrogens is 2. The van der Waals surface area contributed by atoms with Crippen LogP contribution in [0.25, 0.3) is 0 Å². The Morgan fingerprint density at radius 2 is 1.91 bits per heavy atom. The standard InChI is InChI=1S/C26H32FN5O/c1-2-28-25(29-18-21-7-3-4-8-22(21)19-32-14-6-13-31-32)30-20-26(11-15-33-16-12-26)23-9-5-10-24(27)17-23/h3-10,13-14,17H,2,11-12,15-16,18-20H2,1H3,(H2,28,29,30). The van der Waals surface area contributed by atoms with Gasteiger partial charge >= 0.3 is 0 Å². The van der Waals surface area contributed by atoms with Crippen LogP contribution in [0.15, 0.2) is 72.0 Å². The van der Waals surface area contributed by atoms with Gasteiger partial charge in [0.05, 0.1) is 13.1 Å². The summed E-state index contributed by atoms with van der Waals surface area (Å²) in [5.74, 6) is 0.557. The lowest BCUT2D eigenvalue weighted by Gasteiger charge is -2.38. The Balaban J connectivity index is 1.49. The molecule has 0 bridgehead atoms. The smallest absolute Gasteiger partial charge is 0.191 e. The van der Waals surface area contributed by atoms with Gasteiger partial charge in [0.15, 0.2) is 5.96 Å². The number of rotatable bonds is 8. The zero-order valence-corrected chi connectivity index (χ0v) is 19.1. The zero-order chi connectivity index (χ0) is 22.9. The second-order valence-electron chi connectivity index (χ2n) is 8.42. The van der Waals surface area contributed by atoms with Crippen LogP contribution in [0.1, 0.15) is 36.5 Å². The Morgan fingerprint density at radius 1 is 1.09 bits per heavy atom. The van der Waals surface area contributed by atoms with Gasteiger partial charge in [0.25, 0.3) is 0 Å². The third-order valence-electron chi connectivity index (χ3n) is 6.24. The molecule has 7 heteroatoms. The number of nitrogens with zero attached hydrogens (tertiary/aromatic N) is 3. The molecule has 0 amide bonds. The second kappa shape index (κ2) is 11.1. The molecule has 1 aliphatic heterocycles. The molecule has 0 radical (unpaired) electrons. The number of hydrogen-bond acceptors (Lipinski definition) is 3. The Labute approximate surface area is 194 Å². The van der Waals surface area contributed by atoms with E-state index in [1.54, 1.807) is 18.3 Å². The highest BCUT2D eigenvalue weighted by molar-refractivity contribution is 5.79. The fourth-order valence-corrected chi connectivity index (χ4v) is 4.34. The predicted molar refractivity (Wildman–Crippen MR) is 129 cm³/mol. The highest BCUT2D eigenvalue weighted by Crippen LogP contribution is 2.34. The first kappa shape index (κ1) is 23.0. The third kappa shape index (κ3) is 5.99. The van der Waals surface area contributed by atoms with Gasteiger partial charge in [0, 0.05) is 44.1 Å². The summed E-state index contributed by atoms with van der Waals surface area (Å²) in [6.45, 7) is 6.10. The summed E-state index contributed by atoms with van der Waals surface area (Å²) in [7, 11) is 0. The van der Waals surface area contributed by atoms with E-state index in [2.05, 4.69) is 34.8 Å². The molecular formula is C26H32FN5O. The molecule has 2 aromatic carbocycles. The summed E-state index contributed by atoms with van der Waals surface area (Å²) in [6.07, 6.45) is 5.44. The molecule has 0 aliphatic carbocycles. The lowest BCUT2D eigenvalue weighted by molar-refractivity contribution is 0.0513. The van der Waals surface area contributed by atoms with Crippen molar-refractivity contribution in [2.45, 2.75) is 38.3 Å². The Hall–Kier alpha value is -3.19. The monoisotopic (exact) mass is 449 g/mol. The second-order valence-corrected chi connectivity index (χ2v) is 8.42. The molecule has 6 nitrogen and oxygen atoms in total. The minimum Gasteiger partial charge on any atom is -0.381 e. The van der Waals surface area contributed by atoms with Gasteiger partial charge in [0.2, 0.25) is 0 Å². The van der Waals surface area contributed by atoms with Gasteiger partial charge in [-0.3, -0.25) is 4.68 Å². The van der Waals surface area contributed by atoms with Gasteiger partial charge in [-0.15, -0.1) is 0 Å². The van der Waals surface area contributed by atoms with E-state index in [-0.39, 0.29) is 11.2 Å². The number of aliphatic imine (C=N–C) groups is 1. The average Bonchev–Trinajstić information content (AvgIpc) is 3.35. The van der Waals surface area contributed by atoms with Crippen molar-refractivity contribution in [3.63, 3.8) is 0 Å². The average molecular weight is 450 g/mol. The lowest BCUT2D eigenvalue weighted by Crippen LogP contribution is -2.48. The summed E-state index contributed by atoms with van der Waals surface area (Å²) in [5, 5.41) is 11.2. The number of halogens is 1. The Morgan fingerprint density at radius 3 is 2.64 bits per heavy atom. The van der Waals surface area contributed by atoms with Crippen molar-refractivity contribution in [1.29, 1.82) is 0 Å². The number of guanidine groups is 1. The summed E-state index contributed by atoms with van der Waals surface area (Å²) in [4.78, 5) is 4.86. The number of benzene rings is 2. The number of nitrogens with one attached hydrogen (secondary N) is 2. The third-order valence-corrected chi connectivity index (χ3v) is 6.24. The maximum Gasteiger partial charge on any atom is 0.191 e. The molecule has 0 spiro atoms. The molecule has 3 aromatic rings. The molecule has 174 valence electrons. The van der Waals surface area contributed by atoms with Crippen molar-refractivity contribution in [2.24, 2.45) is 4.99 Å². The Kier molecular flexibility index (Phi) is 7.73. The van der Waals surface area contributed by atoms with Crippen molar-refractivity contribution in [3.8, 4) is 0 Å². The quantitative estimate of drug-likeness (QED) is 0.405. The minimum absolute atomic E-state index is 0.186. The van der Waals surface area contributed by atoms with E-state index in [1.807, 2.05) is 35.1 Å². The molecule has 2 heterocycles. The van der Waals surface area contributed by atoms with Gasteiger partial charge in [-0.1, -0.05) is 36.4 Å². The van der Waals surface area contributed by atoms with E-state index in [1.165, 1.54) is 11.6 Å². The highest BCUT2D eigenvalue weighted by atomic mass is 19.1. The first-order valence-electron chi connectivity index (χ1n) is 11.6. The summed E-state index contributed by atoms with van der Waals surface area (Å²) in [6, 6.07) is 17.2. The molecule has 0 saturated carbocycles. The van der Waals surface area contributed by atoms with E-state index in [0.29, 0.717) is 32.8 Å². The maximum absolute atomic E-state index is 14.0. The fraction of sp³-hybridized carbons (Fsp3) is 0.385. The molecule has 0 atom stereocenters. The molecule has 33 heavy (non-hydrogen) atoms. The van der Waals surface area contributed by atoms with E-state index in [4.69, 9.17) is 9.73 Å². The van der Waals surface area contributed by atoms with Crippen LogP contribution in [0.4, 0.5) is 4.39 Å². The van der Waals surface area contributed by atoms with E-state index >= 15 is 0 Å². The molecule has 1 fully saturated rings. The SMILES string of the molecule is CCNC(=NCc1ccccc1Cn1cccn1)NCC1(c2cccc(F)c2)CCOCC1. The van der Waals surface area contributed by atoms with Crippen LogP contribution in [-0.4, -0.2) is 42.0 Å². The van der Waals surface area contributed by atoms with E-state index in [9.17, 15) is 4.39 Å². The molecule has 1 aliphatic rings. The molecular weight excluding hydrogens is 417 g/mol. The van der Waals surface area contributed by atoms with Gasteiger partial charge < -0.3 is 15.4 Å². The van der Waals surface area contributed by atoms with E-state index < -0.39 is 0 Å². The van der Waals surface area contributed by atoms with E-state index in [0.717, 1.165) is 36.5 Å². The van der Waals surface area contributed by atoms with Gasteiger partial charge in [-0.05, 0) is 54.7 Å². The van der Waals surface area contributed by atoms with Crippen molar-refractivity contribution < 1.29 is 9.13 Å². The summed E-state index contributed by atoms with van der Waals surface area (Å²) in [5.41, 5.74) is 3.19. The van der Waals surface area contributed by atoms with Gasteiger partial charge in [0.1, 0.15) is 5.82 Å². The zero-order valence-electron chi connectivity index (χ0n) is 19.1. The van der Waals surface area contributed by atoms with Crippen molar-refractivity contribution in [3.05, 3.63) is 89.5 Å². The highest BCUT2D eigenvalue weighted by Gasteiger charge is 2.35. The lowest BCUT2D eigenvalue weighted by atomic mass is 9.74. The van der Waals surface area contributed by atoms with Crippen LogP contribution in [0.5, 0.6) is 0 Å². The summed E-state index contributed by atoms with van der Waals surface area (Å²) >= 11 is 0. The molecule has 1 saturated heterocycles. The van der Waals surface area contributed by atoms with Crippen LogP contribution in [0.2, 0.25) is 0 Å². The number of ether oxygens (including phenoxy) is 1. The van der Waals surface area contributed by atoms with Crippen LogP contribution in [0, 0.1) is 5.82 Å². The van der Waals surface area contributed by atoms with Crippen molar-refractivity contribution >= 4 is 5.96 Å². The largest absolute Gasteiger partial charge is 0.381 e. The van der Waals surface area contributed by atoms with Crippen LogP contribution >= 0.6 is 0 Å². The predicted octanol–water partition coefficient (Wildman–Crippen LogP) is 3.87. The van der Waals surface area contributed by atoms with Crippen molar-refractivity contribution in [1.82, 2.24) is 20.4 Å². The molecule has 0 unspecified atom stereocenters. The van der Waals surface area contributed by atoms with Gasteiger partial charge in [-0.25, -0.2) is 9.38 Å². The maximum atomic E-state index is 14.0. The topological polar surface area (TPSA) is 63.5 Å². The van der Waals surface area contributed by atoms with Gasteiger partial charge in [-0.2, -0.15) is 5.10 Å². The van der Waals surface area contributed by atoms with Crippen LogP contribution in [0.3, 0.4) is 0 Å². The molecule has 1 aromatic heterocycles. The van der Waals surface area contributed by atoms with Crippen LogP contribution < -0.4 is 10.6 Å². The number of hydrogen-bond donors (Lipinski definition) is 2. The molecule has 2 N–H and O–H groups in total.